The number of nitrogens with zero attached hydrogens (tertiary/aromatic N) is 3. The highest BCUT2D eigenvalue weighted by Crippen LogP contribution is 2.34. The molecule has 64 valence electrons. The third-order valence-electron chi connectivity index (χ3n) is 2.33. The average Bonchev–Trinajstić information content (AvgIpc) is 2.02. The van der Waals surface area contributed by atoms with E-state index in [1.807, 2.05) is 0 Å². The summed E-state index contributed by atoms with van der Waals surface area (Å²) < 4.78 is 0. The summed E-state index contributed by atoms with van der Waals surface area (Å²) in [6, 6.07) is 0. The zero-order valence-corrected chi connectivity index (χ0v) is 6.90. The minimum atomic E-state index is 0.383. The van der Waals surface area contributed by atoms with Crippen LogP contribution < -0.4 is 5.73 Å². The lowest BCUT2D eigenvalue weighted by Crippen LogP contribution is -2.14. The predicted octanol–water partition coefficient (Wildman–Crippen LogP) is 0.598. The lowest BCUT2D eigenvalue weighted by molar-refractivity contribution is 0.407. The van der Waals surface area contributed by atoms with Crippen LogP contribution in [0, 0.1) is 0 Å². The van der Waals surface area contributed by atoms with E-state index in [0.717, 1.165) is 5.69 Å². The van der Waals surface area contributed by atoms with Crippen LogP contribution in [0.25, 0.3) is 0 Å². The Balaban J connectivity index is 2.19. The normalized spacial score (nSPS) is 17.4. The average molecular weight is 164 g/mol. The summed E-state index contributed by atoms with van der Waals surface area (Å²) >= 11 is 0. The fourth-order valence-corrected chi connectivity index (χ4v) is 1.34. The van der Waals surface area contributed by atoms with Gasteiger partial charge in [0.2, 0.25) is 0 Å². The van der Waals surface area contributed by atoms with Gasteiger partial charge in [0.1, 0.15) is 0 Å². The molecule has 1 aromatic rings. The van der Waals surface area contributed by atoms with E-state index in [2.05, 4.69) is 15.2 Å². The van der Waals surface area contributed by atoms with Gasteiger partial charge in [-0.15, -0.1) is 5.10 Å². The number of hydrogen-bond acceptors (Lipinski definition) is 4. The molecule has 1 aromatic heterocycles. The van der Waals surface area contributed by atoms with Crippen LogP contribution in [0.1, 0.15) is 36.7 Å². The van der Waals surface area contributed by atoms with Crippen molar-refractivity contribution >= 4 is 0 Å². The summed E-state index contributed by atoms with van der Waals surface area (Å²) in [6.07, 6.45) is 5.54. The zero-order valence-electron chi connectivity index (χ0n) is 6.90. The summed E-state index contributed by atoms with van der Waals surface area (Å²) in [5, 5.41) is 7.68. The van der Waals surface area contributed by atoms with Gasteiger partial charge in [0.05, 0.1) is 18.4 Å². The number of nitrogens with two attached hydrogens (primary N) is 1. The molecule has 4 heteroatoms. The third kappa shape index (κ3) is 1.30. The second-order valence-corrected chi connectivity index (χ2v) is 3.13. The molecule has 1 aliphatic carbocycles. The van der Waals surface area contributed by atoms with E-state index < -0.39 is 0 Å². The van der Waals surface area contributed by atoms with Crippen molar-refractivity contribution in [2.45, 2.75) is 31.7 Å². The van der Waals surface area contributed by atoms with Gasteiger partial charge in [-0.3, -0.25) is 0 Å². The Morgan fingerprint density at radius 1 is 1.50 bits per heavy atom. The minimum Gasteiger partial charge on any atom is -0.324 e. The molecule has 0 amide bonds. The molecule has 12 heavy (non-hydrogen) atoms. The highest BCUT2D eigenvalue weighted by molar-refractivity contribution is 5.07. The molecule has 0 radical (unpaired) electrons. The summed E-state index contributed by atoms with van der Waals surface area (Å²) in [5.41, 5.74) is 6.48. The van der Waals surface area contributed by atoms with Gasteiger partial charge in [0, 0.05) is 5.92 Å². The second-order valence-electron chi connectivity index (χ2n) is 3.13. The highest BCUT2D eigenvalue weighted by Gasteiger charge is 2.21. The first kappa shape index (κ1) is 7.61. The molecule has 0 aliphatic heterocycles. The fourth-order valence-electron chi connectivity index (χ4n) is 1.34. The molecule has 1 saturated carbocycles. The Kier molecular flexibility index (Phi) is 1.99. The van der Waals surface area contributed by atoms with E-state index in [-0.39, 0.29) is 0 Å². The number of aromatic nitrogens is 3. The molecule has 1 fully saturated rings. The maximum atomic E-state index is 5.41. The lowest BCUT2D eigenvalue weighted by Gasteiger charge is -2.24. The van der Waals surface area contributed by atoms with Gasteiger partial charge in [-0.05, 0) is 12.8 Å². The number of hydrogen-bond donors (Lipinski definition) is 1. The third-order valence-corrected chi connectivity index (χ3v) is 2.33. The Morgan fingerprint density at radius 2 is 2.33 bits per heavy atom. The van der Waals surface area contributed by atoms with Crippen LogP contribution in [0.2, 0.25) is 0 Å². The topological polar surface area (TPSA) is 64.7 Å². The van der Waals surface area contributed by atoms with Crippen molar-refractivity contribution in [2.75, 3.05) is 0 Å². The highest BCUT2D eigenvalue weighted by atomic mass is 15.1. The predicted molar refractivity (Wildman–Crippen MR) is 44.3 cm³/mol. The molecule has 0 saturated heterocycles. The Hall–Kier alpha value is -1.03. The van der Waals surface area contributed by atoms with Crippen molar-refractivity contribution in [1.82, 2.24) is 15.2 Å². The molecule has 0 unspecified atom stereocenters. The summed E-state index contributed by atoms with van der Waals surface area (Å²) in [4.78, 5) is 4.31. The maximum absolute atomic E-state index is 5.41. The Morgan fingerprint density at radius 3 is 2.92 bits per heavy atom. The van der Waals surface area contributed by atoms with Crippen LogP contribution in [0.5, 0.6) is 0 Å². The molecule has 2 rings (SSSR count). The van der Waals surface area contributed by atoms with Gasteiger partial charge in [-0.2, -0.15) is 5.10 Å². The van der Waals surface area contributed by atoms with Crippen LogP contribution in [-0.2, 0) is 6.54 Å². The zero-order chi connectivity index (χ0) is 8.39. The molecule has 2 N–H and O–H groups in total. The summed E-state index contributed by atoms with van der Waals surface area (Å²) in [6.45, 7) is 0.383. The molecule has 0 spiro atoms. The maximum Gasteiger partial charge on any atom is 0.164 e. The van der Waals surface area contributed by atoms with Gasteiger partial charge in [0.25, 0.3) is 0 Å². The fraction of sp³-hybridized carbons (Fsp3) is 0.625. The van der Waals surface area contributed by atoms with Gasteiger partial charge in [-0.25, -0.2) is 4.98 Å². The molecule has 0 bridgehead atoms. The first-order valence-corrected chi connectivity index (χ1v) is 4.28. The Bertz CT molecular complexity index is 270. The van der Waals surface area contributed by atoms with Gasteiger partial charge in [-0.1, -0.05) is 6.42 Å². The van der Waals surface area contributed by atoms with E-state index in [1.54, 1.807) is 6.20 Å². The van der Waals surface area contributed by atoms with Gasteiger partial charge in [0.15, 0.2) is 5.82 Å². The summed E-state index contributed by atoms with van der Waals surface area (Å²) in [5.74, 6) is 1.27. The molecule has 4 nitrogen and oxygen atoms in total. The second kappa shape index (κ2) is 3.15. The SMILES string of the molecule is NCc1nncc(C2CCC2)n1. The first-order valence-electron chi connectivity index (χ1n) is 4.28. The molecule has 0 aromatic carbocycles. The van der Waals surface area contributed by atoms with Crippen molar-refractivity contribution in [3.8, 4) is 0 Å². The van der Waals surface area contributed by atoms with Crippen LogP contribution in [0.4, 0.5) is 0 Å². The molecule has 1 aliphatic rings. The Labute approximate surface area is 71.2 Å². The van der Waals surface area contributed by atoms with E-state index in [0.29, 0.717) is 18.3 Å². The van der Waals surface area contributed by atoms with Crippen molar-refractivity contribution in [3.05, 3.63) is 17.7 Å². The monoisotopic (exact) mass is 164 g/mol. The quantitative estimate of drug-likeness (QED) is 0.695. The number of rotatable bonds is 2. The molecular weight excluding hydrogens is 152 g/mol. The minimum absolute atomic E-state index is 0.383. The first-order chi connectivity index (χ1) is 5.90. The van der Waals surface area contributed by atoms with Crippen molar-refractivity contribution < 1.29 is 0 Å². The van der Waals surface area contributed by atoms with Crippen LogP contribution in [-0.4, -0.2) is 15.2 Å². The molecular formula is C8H12N4. The lowest BCUT2D eigenvalue weighted by atomic mass is 9.83. The molecule has 1 heterocycles. The largest absolute Gasteiger partial charge is 0.324 e. The smallest absolute Gasteiger partial charge is 0.164 e. The van der Waals surface area contributed by atoms with E-state index >= 15 is 0 Å². The van der Waals surface area contributed by atoms with Gasteiger partial charge >= 0.3 is 0 Å². The summed E-state index contributed by atoms with van der Waals surface area (Å²) in [7, 11) is 0. The van der Waals surface area contributed by atoms with Crippen LogP contribution >= 0.6 is 0 Å². The van der Waals surface area contributed by atoms with Gasteiger partial charge < -0.3 is 5.73 Å². The van der Waals surface area contributed by atoms with Crippen LogP contribution in [0.15, 0.2) is 6.20 Å². The molecule has 0 atom stereocenters. The van der Waals surface area contributed by atoms with E-state index in [9.17, 15) is 0 Å². The van der Waals surface area contributed by atoms with Crippen molar-refractivity contribution in [1.29, 1.82) is 0 Å². The van der Waals surface area contributed by atoms with Crippen molar-refractivity contribution in [2.24, 2.45) is 5.73 Å². The van der Waals surface area contributed by atoms with Crippen molar-refractivity contribution in [3.63, 3.8) is 0 Å². The van der Waals surface area contributed by atoms with E-state index in [1.165, 1.54) is 19.3 Å². The standard InChI is InChI=1S/C8H12N4/c9-4-8-11-7(5-10-12-8)6-2-1-3-6/h5-6H,1-4,9H2. The van der Waals surface area contributed by atoms with E-state index in [4.69, 9.17) is 5.73 Å². The van der Waals surface area contributed by atoms with Crippen LogP contribution in [0.3, 0.4) is 0 Å².